The van der Waals surface area contributed by atoms with Crippen molar-refractivity contribution in [1.82, 2.24) is 0 Å². The second kappa shape index (κ2) is 14.1. The molecule has 1 aromatic carbocycles. The summed E-state index contributed by atoms with van der Waals surface area (Å²) < 4.78 is 26.4. The van der Waals surface area contributed by atoms with E-state index in [1.54, 1.807) is 0 Å². The molecule has 0 aliphatic carbocycles. The molecule has 0 amide bonds. The fourth-order valence-corrected chi connectivity index (χ4v) is 3.09. The van der Waals surface area contributed by atoms with Gasteiger partial charge in [0.25, 0.3) is 0 Å². The molecule has 7 heteroatoms. The molecule has 0 aliphatic heterocycles. The number of unbranched alkanes of at least 4 members (excludes halogenated alkanes) is 3. The van der Waals surface area contributed by atoms with E-state index >= 15 is 0 Å². The summed E-state index contributed by atoms with van der Waals surface area (Å²) in [6, 6.07) is 3.00. The van der Waals surface area contributed by atoms with Gasteiger partial charge < -0.3 is 20.4 Å². The van der Waals surface area contributed by atoms with Crippen molar-refractivity contribution in [2.75, 3.05) is 0 Å². The summed E-state index contributed by atoms with van der Waals surface area (Å²) in [6.45, 7) is 1.91. The largest absolute Gasteiger partial charge is 0.481 e. The van der Waals surface area contributed by atoms with E-state index in [1.165, 1.54) is 6.07 Å². The van der Waals surface area contributed by atoms with Gasteiger partial charge in [-0.05, 0) is 50.2 Å². The standard InChI is InChI=1S/C23H32F2O5/c1-16(6-4-2-3-5-7-23(29)30)22(28)15-20(27)13-12-19(26)11-9-17-8-10-18(24)14-21(17)25/h8,10,14,16,19-20,22,26-28H,2-7,12-13,15H2,1H3,(H,29,30)/t16-,19?,20-,22-/m0/s1. The van der Waals surface area contributed by atoms with Crippen molar-refractivity contribution >= 4 is 5.97 Å². The molecule has 0 fully saturated rings. The van der Waals surface area contributed by atoms with Crippen molar-refractivity contribution in [3.05, 3.63) is 35.4 Å². The maximum absolute atomic E-state index is 13.5. The number of carbonyl (C=O) groups is 1. The molecule has 0 saturated carbocycles. The second-order valence-electron chi connectivity index (χ2n) is 7.77. The SMILES string of the molecule is C[C@@H](CCCCCCC(=O)O)[C@@H](O)C[C@@H](O)CCC(O)C#Cc1ccc(F)cc1F. The van der Waals surface area contributed by atoms with Gasteiger partial charge in [-0.3, -0.25) is 4.79 Å². The summed E-state index contributed by atoms with van der Waals surface area (Å²) in [6.07, 6.45) is 2.33. The second-order valence-corrected chi connectivity index (χ2v) is 7.77. The number of halogens is 2. The number of benzene rings is 1. The number of aliphatic hydroxyl groups excluding tert-OH is 3. The van der Waals surface area contributed by atoms with Gasteiger partial charge in [-0.25, -0.2) is 8.78 Å². The summed E-state index contributed by atoms with van der Waals surface area (Å²) in [5.74, 6) is 2.66. The van der Waals surface area contributed by atoms with Gasteiger partial charge in [0.2, 0.25) is 0 Å². The predicted molar refractivity (Wildman–Crippen MR) is 110 cm³/mol. The Hall–Kier alpha value is -2.01. The molecule has 168 valence electrons. The predicted octanol–water partition coefficient (Wildman–Crippen LogP) is 3.63. The summed E-state index contributed by atoms with van der Waals surface area (Å²) in [5, 5.41) is 38.8. The molecular weight excluding hydrogens is 394 g/mol. The number of aliphatic carboxylic acids is 1. The third-order valence-electron chi connectivity index (χ3n) is 5.05. The van der Waals surface area contributed by atoms with Gasteiger partial charge in [-0.1, -0.05) is 38.0 Å². The highest BCUT2D eigenvalue weighted by molar-refractivity contribution is 5.66. The first kappa shape index (κ1) is 26.0. The van der Waals surface area contributed by atoms with Crippen LogP contribution in [0.1, 0.15) is 70.3 Å². The van der Waals surface area contributed by atoms with Crippen LogP contribution in [0.25, 0.3) is 0 Å². The van der Waals surface area contributed by atoms with Gasteiger partial charge in [0.05, 0.1) is 17.8 Å². The number of hydrogen-bond acceptors (Lipinski definition) is 4. The van der Waals surface area contributed by atoms with E-state index in [-0.39, 0.29) is 37.2 Å². The first-order valence-electron chi connectivity index (χ1n) is 10.4. The van der Waals surface area contributed by atoms with Crippen LogP contribution in [0.5, 0.6) is 0 Å². The molecule has 4 atom stereocenters. The van der Waals surface area contributed by atoms with Gasteiger partial charge in [0.15, 0.2) is 0 Å². The summed E-state index contributed by atoms with van der Waals surface area (Å²) in [7, 11) is 0. The third kappa shape index (κ3) is 11.2. The van der Waals surface area contributed by atoms with Crippen molar-refractivity contribution < 1.29 is 34.0 Å². The number of carboxylic acids is 1. The van der Waals surface area contributed by atoms with Crippen molar-refractivity contribution in [1.29, 1.82) is 0 Å². The molecular formula is C23H32F2O5. The Bertz CT molecular complexity index is 713. The molecule has 0 heterocycles. The zero-order valence-electron chi connectivity index (χ0n) is 17.4. The molecule has 1 rings (SSSR count). The highest BCUT2D eigenvalue weighted by Crippen LogP contribution is 2.19. The Kier molecular flexibility index (Phi) is 12.2. The van der Waals surface area contributed by atoms with E-state index in [4.69, 9.17) is 5.11 Å². The Morgan fingerprint density at radius 2 is 1.73 bits per heavy atom. The quantitative estimate of drug-likeness (QED) is 0.285. The van der Waals surface area contributed by atoms with Crippen LogP contribution in [0.4, 0.5) is 8.78 Å². The van der Waals surface area contributed by atoms with E-state index in [0.29, 0.717) is 6.42 Å². The molecule has 0 radical (unpaired) electrons. The number of carboxylic acid groups (broad SMARTS) is 1. The Morgan fingerprint density at radius 1 is 1.03 bits per heavy atom. The lowest BCUT2D eigenvalue weighted by atomic mass is 9.92. The van der Waals surface area contributed by atoms with Gasteiger partial charge >= 0.3 is 5.97 Å². The van der Waals surface area contributed by atoms with Crippen LogP contribution in [0.2, 0.25) is 0 Å². The van der Waals surface area contributed by atoms with E-state index in [1.807, 2.05) is 6.92 Å². The Morgan fingerprint density at radius 3 is 2.40 bits per heavy atom. The number of rotatable bonds is 13. The van der Waals surface area contributed by atoms with Crippen LogP contribution < -0.4 is 0 Å². The topological polar surface area (TPSA) is 98.0 Å². The van der Waals surface area contributed by atoms with Gasteiger partial charge in [-0.2, -0.15) is 0 Å². The highest BCUT2D eigenvalue weighted by Gasteiger charge is 2.18. The molecule has 1 aromatic rings. The lowest BCUT2D eigenvalue weighted by Crippen LogP contribution is -2.25. The monoisotopic (exact) mass is 426 g/mol. The maximum Gasteiger partial charge on any atom is 0.303 e. The molecule has 0 bridgehead atoms. The first-order valence-corrected chi connectivity index (χ1v) is 10.4. The summed E-state index contributed by atoms with van der Waals surface area (Å²) in [4.78, 5) is 10.4. The Labute approximate surface area is 176 Å². The van der Waals surface area contributed by atoms with Crippen LogP contribution in [-0.2, 0) is 4.79 Å². The molecule has 1 unspecified atom stereocenters. The van der Waals surface area contributed by atoms with Crippen LogP contribution in [0.15, 0.2) is 18.2 Å². The van der Waals surface area contributed by atoms with Crippen molar-refractivity contribution in [2.45, 2.75) is 83.0 Å². The number of hydrogen-bond donors (Lipinski definition) is 4. The van der Waals surface area contributed by atoms with Crippen molar-refractivity contribution in [2.24, 2.45) is 5.92 Å². The highest BCUT2D eigenvalue weighted by atomic mass is 19.1. The van der Waals surface area contributed by atoms with Gasteiger partial charge in [-0.15, -0.1) is 0 Å². The smallest absolute Gasteiger partial charge is 0.303 e. The lowest BCUT2D eigenvalue weighted by molar-refractivity contribution is -0.137. The van der Waals surface area contributed by atoms with Crippen LogP contribution in [0, 0.1) is 29.4 Å². The van der Waals surface area contributed by atoms with Crippen LogP contribution >= 0.6 is 0 Å². The molecule has 0 saturated heterocycles. The maximum atomic E-state index is 13.5. The first-order chi connectivity index (χ1) is 14.2. The van der Waals surface area contributed by atoms with Crippen molar-refractivity contribution in [3.63, 3.8) is 0 Å². The van der Waals surface area contributed by atoms with E-state index < -0.39 is 35.9 Å². The van der Waals surface area contributed by atoms with Gasteiger partial charge in [0.1, 0.15) is 17.7 Å². The Balaban J connectivity index is 2.27. The van der Waals surface area contributed by atoms with Crippen LogP contribution in [0.3, 0.4) is 0 Å². The normalized spacial score (nSPS) is 15.0. The number of aliphatic hydroxyl groups is 3. The third-order valence-corrected chi connectivity index (χ3v) is 5.05. The van der Waals surface area contributed by atoms with E-state index in [2.05, 4.69) is 11.8 Å². The molecule has 0 aromatic heterocycles. The average molecular weight is 427 g/mol. The molecule has 0 aliphatic rings. The van der Waals surface area contributed by atoms with Gasteiger partial charge in [0, 0.05) is 12.5 Å². The summed E-state index contributed by atoms with van der Waals surface area (Å²) >= 11 is 0. The minimum atomic E-state index is -1.07. The molecule has 30 heavy (non-hydrogen) atoms. The zero-order chi connectivity index (χ0) is 22.5. The average Bonchev–Trinajstić information content (AvgIpc) is 2.67. The molecule has 0 spiro atoms. The van der Waals surface area contributed by atoms with E-state index in [9.17, 15) is 28.9 Å². The summed E-state index contributed by atoms with van der Waals surface area (Å²) in [5.41, 5.74) is -0.0109. The zero-order valence-corrected chi connectivity index (χ0v) is 17.4. The fourth-order valence-electron chi connectivity index (χ4n) is 3.09. The minimum Gasteiger partial charge on any atom is -0.481 e. The molecule has 4 N–H and O–H groups in total. The molecule has 5 nitrogen and oxygen atoms in total. The van der Waals surface area contributed by atoms with E-state index in [0.717, 1.165) is 37.8 Å². The van der Waals surface area contributed by atoms with Crippen LogP contribution in [-0.4, -0.2) is 44.7 Å². The fraction of sp³-hybridized carbons (Fsp3) is 0.609. The van der Waals surface area contributed by atoms with Crippen molar-refractivity contribution in [3.8, 4) is 11.8 Å². The minimum absolute atomic E-state index is 0.00490. The lowest BCUT2D eigenvalue weighted by Gasteiger charge is -2.22.